The van der Waals surface area contributed by atoms with Crippen LogP contribution in [0.2, 0.25) is 0 Å². The molecule has 2 rings (SSSR count). The van der Waals surface area contributed by atoms with Crippen molar-refractivity contribution in [1.82, 2.24) is 5.32 Å². The number of guanidine groups is 1. The number of amidine groups is 1. The van der Waals surface area contributed by atoms with E-state index in [0.717, 1.165) is 24.2 Å². The number of nitrogens with zero attached hydrogens (tertiary/aromatic N) is 2. The Labute approximate surface area is 107 Å². The molecule has 0 bridgehead atoms. The van der Waals surface area contributed by atoms with Crippen LogP contribution in [0.4, 0.5) is 0 Å². The summed E-state index contributed by atoms with van der Waals surface area (Å²) in [5.41, 5.74) is 8.09. The van der Waals surface area contributed by atoms with E-state index in [1.54, 1.807) is 12.5 Å². The second-order valence-electron chi connectivity index (χ2n) is 4.64. The molecule has 2 heterocycles. The van der Waals surface area contributed by atoms with E-state index in [-0.39, 0.29) is 12.1 Å². The summed E-state index contributed by atoms with van der Waals surface area (Å²) >= 11 is 0. The Balaban J connectivity index is 2.29. The number of aryl methyl sites for hydroxylation is 1. The van der Waals surface area contributed by atoms with Crippen LogP contribution in [0.25, 0.3) is 0 Å². The van der Waals surface area contributed by atoms with Gasteiger partial charge in [-0.2, -0.15) is 0 Å². The van der Waals surface area contributed by atoms with E-state index in [1.807, 2.05) is 13.8 Å². The lowest BCUT2D eigenvalue weighted by molar-refractivity contribution is 0.559. The molecular formula is C13H20N4O. The number of furan rings is 1. The van der Waals surface area contributed by atoms with Gasteiger partial charge in [0.15, 0.2) is 5.96 Å². The Morgan fingerprint density at radius 1 is 1.44 bits per heavy atom. The highest BCUT2D eigenvalue weighted by Crippen LogP contribution is 2.27. The van der Waals surface area contributed by atoms with Gasteiger partial charge in [-0.1, -0.05) is 13.3 Å². The summed E-state index contributed by atoms with van der Waals surface area (Å²) in [6, 6.07) is 0. The Kier molecular flexibility index (Phi) is 3.69. The van der Waals surface area contributed by atoms with Crippen molar-refractivity contribution < 1.29 is 4.42 Å². The summed E-state index contributed by atoms with van der Waals surface area (Å²) in [4.78, 5) is 8.70. The Bertz CT molecular complexity index is 475. The molecule has 18 heavy (non-hydrogen) atoms. The van der Waals surface area contributed by atoms with E-state index < -0.39 is 0 Å². The highest BCUT2D eigenvalue weighted by molar-refractivity contribution is 6.03. The maximum absolute atomic E-state index is 5.78. The molecule has 1 aliphatic heterocycles. The zero-order chi connectivity index (χ0) is 13.1. The fourth-order valence-electron chi connectivity index (χ4n) is 2.26. The van der Waals surface area contributed by atoms with Gasteiger partial charge in [0, 0.05) is 11.5 Å². The Morgan fingerprint density at radius 3 is 2.78 bits per heavy atom. The van der Waals surface area contributed by atoms with Crippen LogP contribution in [0.1, 0.15) is 43.7 Å². The molecule has 1 aromatic heterocycles. The standard InChI is InChI=1S/C13H20N4O/c1-4-5-10(11-7-18-6-8(11)2)12-15-9(3)16-13(14)17-12/h6-7,9-10H,4-5H2,1-3H3,(H3,14,15,16,17). The Hall–Kier alpha value is -1.78. The lowest BCUT2D eigenvalue weighted by atomic mass is 9.92. The van der Waals surface area contributed by atoms with Gasteiger partial charge in [-0.15, -0.1) is 0 Å². The highest BCUT2D eigenvalue weighted by Gasteiger charge is 2.24. The fourth-order valence-corrected chi connectivity index (χ4v) is 2.26. The second kappa shape index (κ2) is 5.25. The molecule has 1 aliphatic rings. The number of hydrogen-bond donors (Lipinski definition) is 2. The second-order valence-corrected chi connectivity index (χ2v) is 4.64. The lowest BCUT2D eigenvalue weighted by Gasteiger charge is -2.23. The summed E-state index contributed by atoms with van der Waals surface area (Å²) in [6.45, 7) is 6.14. The van der Waals surface area contributed by atoms with Gasteiger partial charge in [0.05, 0.1) is 12.5 Å². The maximum atomic E-state index is 5.78. The zero-order valence-corrected chi connectivity index (χ0v) is 11.1. The predicted octanol–water partition coefficient (Wildman–Crippen LogP) is 2.13. The minimum absolute atomic E-state index is 0.118. The molecule has 0 aliphatic carbocycles. The molecule has 0 spiro atoms. The van der Waals surface area contributed by atoms with Gasteiger partial charge in [-0.25, -0.2) is 9.98 Å². The number of aliphatic imine (C=N–C) groups is 2. The van der Waals surface area contributed by atoms with Gasteiger partial charge < -0.3 is 15.5 Å². The van der Waals surface area contributed by atoms with Crippen molar-refractivity contribution in [2.75, 3.05) is 0 Å². The van der Waals surface area contributed by atoms with Gasteiger partial charge in [0.25, 0.3) is 0 Å². The van der Waals surface area contributed by atoms with Gasteiger partial charge in [-0.05, 0) is 25.8 Å². The van der Waals surface area contributed by atoms with Crippen LogP contribution in [0.3, 0.4) is 0 Å². The number of nitrogens with two attached hydrogens (primary N) is 1. The average molecular weight is 248 g/mol. The van der Waals surface area contributed by atoms with Crippen LogP contribution >= 0.6 is 0 Å². The molecule has 0 saturated heterocycles. The van der Waals surface area contributed by atoms with E-state index in [2.05, 4.69) is 22.2 Å². The smallest absolute Gasteiger partial charge is 0.196 e. The van der Waals surface area contributed by atoms with Crippen LogP contribution in [0.5, 0.6) is 0 Å². The number of nitrogens with one attached hydrogen (secondary N) is 1. The molecule has 0 fully saturated rings. The molecule has 2 unspecified atom stereocenters. The van der Waals surface area contributed by atoms with Crippen molar-refractivity contribution in [1.29, 1.82) is 0 Å². The first-order chi connectivity index (χ1) is 8.61. The minimum atomic E-state index is -0.118. The summed E-state index contributed by atoms with van der Waals surface area (Å²) < 4.78 is 5.27. The largest absolute Gasteiger partial charge is 0.472 e. The van der Waals surface area contributed by atoms with Crippen molar-refractivity contribution in [2.24, 2.45) is 15.7 Å². The fraction of sp³-hybridized carbons (Fsp3) is 0.538. The van der Waals surface area contributed by atoms with Crippen molar-refractivity contribution in [3.05, 3.63) is 23.7 Å². The van der Waals surface area contributed by atoms with E-state index in [4.69, 9.17) is 10.2 Å². The maximum Gasteiger partial charge on any atom is 0.196 e. The van der Waals surface area contributed by atoms with Crippen molar-refractivity contribution in [2.45, 2.75) is 45.7 Å². The summed E-state index contributed by atoms with van der Waals surface area (Å²) in [7, 11) is 0. The molecule has 5 heteroatoms. The molecule has 0 radical (unpaired) electrons. The normalized spacial score (nSPS) is 20.9. The summed E-state index contributed by atoms with van der Waals surface area (Å²) in [5.74, 6) is 1.53. The average Bonchev–Trinajstić information content (AvgIpc) is 2.71. The molecule has 1 aromatic rings. The van der Waals surface area contributed by atoms with Gasteiger partial charge in [0.1, 0.15) is 12.0 Å². The topological polar surface area (TPSA) is 75.9 Å². The van der Waals surface area contributed by atoms with Crippen molar-refractivity contribution in [3.63, 3.8) is 0 Å². The van der Waals surface area contributed by atoms with Crippen LogP contribution in [-0.2, 0) is 0 Å². The minimum Gasteiger partial charge on any atom is -0.472 e. The molecule has 3 N–H and O–H groups in total. The van der Waals surface area contributed by atoms with Gasteiger partial charge >= 0.3 is 0 Å². The SMILES string of the molecule is CCCC(C1=NC(C)N=C(N)N1)c1cocc1C. The molecule has 0 amide bonds. The first-order valence-corrected chi connectivity index (χ1v) is 6.32. The van der Waals surface area contributed by atoms with Gasteiger partial charge in [0.2, 0.25) is 0 Å². The third kappa shape index (κ3) is 2.55. The molecule has 5 nitrogen and oxygen atoms in total. The van der Waals surface area contributed by atoms with Crippen molar-refractivity contribution in [3.8, 4) is 0 Å². The predicted molar refractivity (Wildman–Crippen MR) is 72.7 cm³/mol. The number of hydrogen-bond acceptors (Lipinski definition) is 5. The summed E-state index contributed by atoms with van der Waals surface area (Å²) in [6.07, 6.45) is 5.52. The van der Waals surface area contributed by atoms with Crippen LogP contribution in [0, 0.1) is 6.92 Å². The van der Waals surface area contributed by atoms with E-state index in [9.17, 15) is 0 Å². The first kappa shape index (κ1) is 12.7. The first-order valence-electron chi connectivity index (χ1n) is 6.32. The third-order valence-corrected chi connectivity index (χ3v) is 3.09. The zero-order valence-electron chi connectivity index (χ0n) is 11.1. The van der Waals surface area contributed by atoms with E-state index in [1.165, 1.54) is 5.56 Å². The van der Waals surface area contributed by atoms with Crippen molar-refractivity contribution >= 4 is 11.8 Å². The summed E-state index contributed by atoms with van der Waals surface area (Å²) in [5, 5.41) is 3.08. The monoisotopic (exact) mass is 248 g/mol. The number of rotatable bonds is 4. The molecule has 2 atom stereocenters. The quantitative estimate of drug-likeness (QED) is 0.857. The van der Waals surface area contributed by atoms with Crippen LogP contribution in [-0.4, -0.2) is 18.0 Å². The highest BCUT2D eigenvalue weighted by atomic mass is 16.3. The van der Waals surface area contributed by atoms with Crippen LogP contribution in [0.15, 0.2) is 26.9 Å². The lowest BCUT2D eigenvalue weighted by Crippen LogP contribution is -2.43. The third-order valence-electron chi connectivity index (χ3n) is 3.09. The van der Waals surface area contributed by atoms with E-state index >= 15 is 0 Å². The molecule has 0 aromatic carbocycles. The molecular weight excluding hydrogens is 228 g/mol. The Morgan fingerprint density at radius 2 is 2.22 bits per heavy atom. The van der Waals surface area contributed by atoms with E-state index in [0.29, 0.717) is 5.96 Å². The molecule has 0 saturated carbocycles. The molecule has 98 valence electrons. The van der Waals surface area contributed by atoms with Crippen LogP contribution < -0.4 is 11.1 Å². The van der Waals surface area contributed by atoms with Gasteiger partial charge in [-0.3, -0.25) is 0 Å².